The maximum atomic E-state index is 5.46. The van der Waals surface area contributed by atoms with Gasteiger partial charge >= 0.3 is 0 Å². The Bertz CT molecular complexity index is 3210. The Balaban J connectivity index is 1.12. The number of rotatable bonds is 6. The van der Waals surface area contributed by atoms with Crippen molar-refractivity contribution in [1.29, 1.82) is 0 Å². The molecule has 266 valence electrons. The van der Waals surface area contributed by atoms with Gasteiger partial charge in [-0.05, 0) is 53.6 Å². The molecule has 0 radical (unpaired) electrons. The Morgan fingerprint density at radius 3 is 1.65 bits per heavy atom. The molecule has 0 N–H and O–H groups in total. The molecule has 3 heterocycles. The summed E-state index contributed by atoms with van der Waals surface area (Å²) in [6.45, 7) is 0. The fourth-order valence-corrected chi connectivity index (χ4v) is 8.33. The molecule has 0 spiro atoms. The summed E-state index contributed by atoms with van der Waals surface area (Å²) in [6, 6.07) is 72.5. The number of pyridine rings is 1. The third kappa shape index (κ3) is 5.66. The molecule has 0 bridgehead atoms. The molecule has 11 rings (SSSR count). The van der Waals surface area contributed by atoms with Gasteiger partial charge < -0.3 is 4.57 Å². The monoisotopic (exact) mass is 726 g/mol. The smallest absolute Gasteiger partial charge is 0.160 e. The van der Waals surface area contributed by atoms with E-state index in [1.807, 2.05) is 36.4 Å². The van der Waals surface area contributed by atoms with E-state index in [1.54, 1.807) is 0 Å². The predicted molar refractivity (Wildman–Crippen MR) is 236 cm³/mol. The second-order valence-corrected chi connectivity index (χ2v) is 14.4. The van der Waals surface area contributed by atoms with Crippen molar-refractivity contribution in [1.82, 2.24) is 19.5 Å². The van der Waals surface area contributed by atoms with Crippen molar-refractivity contribution in [3.63, 3.8) is 0 Å². The van der Waals surface area contributed by atoms with Gasteiger partial charge in [0.2, 0.25) is 0 Å². The van der Waals surface area contributed by atoms with Crippen LogP contribution in [0.3, 0.4) is 0 Å². The Morgan fingerprint density at radius 1 is 0.316 bits per heavy atom. The quantitative estimate of drug-likeness (QED) is 0.160. The van der Waals surface area contributed by atoms with Crippen LogP contribution in [0.2, 0.25) is 0 Å². The SMILES string of the molecule is c1ccc(-c2cc(-c3cccc(-c4ccc5c(c4)nc(-c4ccccc4)c4ccc6c(c7ccccc7n6-c6ccccc6)c45)c3)nc(-c3ccccc3)n2)cc1. The Labute approximate surface area is 330 Å². The lowest BCUT2D eigenvalue weighted by Crippen LogP contribution is -1.96. The van der Waals surface area contributed by atoms with Crippen LogP contribution in [0.1, 0.15) is 0 Å². The minimum absolute atomic E-state index is 0.701. The Morgan fingerprint density at radius 2 is 0.895 bits per heavy atom. The highest BCUT2D eigenvalue weighted by Crippen LogP contribution is 2.43. The van der Waals surface area contributed by atoms with Crippen molar-refractivity contribution in [2.75, 3.05) is 0 Å². The molecule has 0 fully saturated rings. The van der Waals surface area contributed by atoms with Crippen molar-refractivity contribution in [3.05, 3.63) is 206 Å². The van der Waals surface area contributed by atoms with Crippen LogP contribution >= 0.6 is 0 Å². The molecule has 0 amide bonds. The first-order valence-electron chi connectivity index (χ1n) is 19.3. The third-order valence-electron chi connectivity index (χ3n) is 11.0. The fraction of sp³-hybridized carbons (Fsp3) is 0. The van der Waals surface area contributed by atoms with Crippen LogP contribution in [0.25, 0.3) is 105 Å². The minimum Gasteiger partial charge on any atom is -0.309 e. The normalized spacial score (nSPS) is 11.5. The van der Waals surface area contributed by atoms with Crippen molar-refractivity contribution in [2.24, 2.45) is 0 Å². The van der Waals surface area contributed by atoms with E-state index in [4.69, 9.17) is 15.0 Å². The summed E-state index contributed by atoms with van der Waals surface area (Å²) in [6.07, 6.45) is 0. The minimum atomic E-state index is 0.701. The number of hydrogen-bond acceptors (Lipinski definition) is 3. The predicted octanol–water partition coefficient (Wildman–Crippen LogP) is 13.6. The van der Waals surface area contributed by atoms with Gasteiger partial charge in [0, 0.05) is 54.9 Å². The first kappa shape index (κ1) is 32.7. The van der Waals surface area contributed by atoms with Gasteiger partial charge in [0.25, 0.3) is 0 Å². The summed E-state index contributed by atoms with van der Waals surface area (Å²) in [5, 5.41) is 5.93. The van der Waals surface area contributed by atoms with Crippen LogP contribution in [-0.4, -0.2) is 19.5 Å². The second kappa shape index (κ2) is 13.6. The molecule has 3 aromatic heterocycles. The van der Waals surface area contributed by atoms with Gasteiger partial charge in [-0.3, -0.25) is 0 Å². The van der Waals surface area contributed by atoms with Crippen molar-refractivity contribution >= 4 is 43.5 Å². The number of nitrogens with zero attached hydrogens (tertiary/aromatic N) is 4. The van der Waals surface area contributed by atoms with Gasteiger partial charge in [0.1, 0.15) is 0 Å². The zero-order valence-electron chi connectivity index (χ0n) is 30.9. The number of benzene rings is 8. The molecule has 0 atom stereocenters. The molecular weight excluding hydrogens is 693 g/mol. The molecule has 0 aliphatic rings. The maximum Gasteiger partial charge on any atom is 0.160 e. The van der Waals surface area contributed by atoms with Gasteiger partial charge in [0.15, 0.2) is 5.82 Å². The average molecular weight is 727 g/mol. The van der Waals surface area contributed by atoms with E-state index in [9.17, 15) is 0 Å². The molecule has 0 saturated carbocycles. The van der Waals surface area contributed by atoms with E-state index in [0.29, 0.717) is 5.82 Å². The maximum absolute atomic E-state index is 5.46. The van der Waals surface area contributed by atoms with Crippen LogP contribution in [0.5, 0.6) is 0 Å². The first-order chi connectivity index (χ1) is 28.3. The van der Waals surface area contributed by atoms with Gasteiger partial charge in [-0.1, -0.05) is 164 Å². The lowest BCUT2D eigenvalue weighted by molar-refractivity contribution is 1.18. The van der Waals surface area contributed by atoms with Gasteiger partial charge in [0.05, 0.1) is 33.6 Å². The molecule has 4 nitrogen and oxygen atoms in total. The standard InChI is InChI=1S/C53H34N4/c1-5-16-35(17-6-1)45-34-46(56-53(55-45)37-20-9-3-10-21-37)40-23-15-22-38(32-40)39-28-29-42-47(33-39)54-52(36-18-7-2-8-19-36)44-30-31-49-51(50(42)44)43-26-13-14-27-48(43)57(49)41-24-11-4-12-25-41/h1-34H. The highest BCUT2D eigenvalue weighted by molar-refractivity contribution is 6.29. The molecule has 0 saturated heterocycles. The summed E-state index contributed by atoms with van der Waals surface area (Å²) in [5.74, 6) is 0.701. The van der Waals surface area contributed by atoms with E-state index >= 15 is 0 Å². The number of fused-ring (bicyclic) bond motifs is 7. The second-order valence-electron chi connectivity index (χ2n) is 14.4. The Hall–Kier alpha value is -7.69. The highest BCUT2D eigenvalue weighted by atomic mass is 15.0. The first-order valence-corrected chi connectivity index (χ1v) is 19.3. The van der Waals surface area contributed by atoms with Gasteiger partial charge in [-0.25, -0.2) is 15.0 Å². The van der Waals surface area contributed by atoms with Crippen LogP contribution in [0, 0.1) is 0 Å². The third-order valence-corrected chi connectivity index (χ3v) is 11.0. The summed E-state index contributed by atoms with van der Waals surface area (Å²) in [4.78, 5) is 15.6. The fourth-order valence-electron chi connectivity index (χ4n) is 8.33. The topological polar surface area (TPSA) is 43.6 Å². The largest absolute Gasteiger partial charge is 0.309 e. The molecule has 0 unspecified atom stereocenters. The molecule has 0 aliphatic heterocycles. The van der Waals surface area contributed by atoms with Crippen molar-refractivity contribution in [2.45, 2.75) is 0 Å². The molecule has 57 heavy (non-hydrogen) atoms. The van der Waals surface area contributed by atoms with E-state index < -0.39 is 0 Å². The van der Waals surface area contributed by atoms with Crippen LogP contribution in [0.4, 0.5) is 0 Å². The van der Waals surface area contributed by atoms with Crippen LogP contribution in [-0.2, 0) is 0 Å². The lowest BCUT2D eigenvalue weighted by Gasteiger charge is -2.14. The zero-order chi connectivity index (χ0) is 37.7. The van der Waals surface area contributed by atoms with E-state index in [2.05, 4.69) is 174 Å². The number of aromatic nitrogens is 4. The lowest BCUT2D eigenvalue weighted by atomic mass is 9.94. The number of hydrogen-bond donors (Lipinski definition) is 0. The van der Waals surface area contributed by atoms with Crippen molar-refractivity contribution < 1.29 is 0 Å². The summed E-state index contributed by atoms with van der Waals surface area (Å²) in [7, 11) is 0. The van der Waals surface area contributed by atoms with Crippen LogP contribution in [0.15, 0.2) is 206 Å². The zero-order valence-corrected chi connectivity index (χ0v) is 30.9. The summed E-state index contributed by atoms with van der Waals surface area (Å²) < 4.78 is 2.39. The Kier molecular flexibility index (Phi) is 7.78. The number of para-hydroxylation sites is 2. The molecular formula is C53H34N4. The van der Waals surface area contributed by atoms with Crippen LogP contribution < -0.4 is 0 Å². The molecule has 0 aliphatic carbocycles. The molecule has 11 aromatic rings. The summed E-state index contributed by atoms with van der Waals surface area (Å²) in [5.41, 5.74) is 13.5. The molecule has 8 aromatic carbocycles. The van der Waals surface area contributed by atoms with Crippen molar-refractivity contribution in [3.8, 4) is 62.0 Å². The van der Waals surface area contributed by atoms with E-state index in [-0.39, 0.29) is 0 Å². The van der Waals surface area contributed by atoms with E-state index in [0.717, 1.165) is 72.4 Å². The van der Waals surface area contributed by atoms with Gasteiger partial charge in [-0.2, -0.15) is 0 Å². The average Bonchev–Trinajstić information content (AvgIpc) is 3.64. The molecule has 4 heteroatoms. The van der Waals surface area contributed by atoms with Gasteiger partial charge in [-0.15, -0.1) is 0 Å². The highest BCUT2D eigenvalue weighted by Gasteiger charge is 2.20. The van der Waals surface area contributed by atoms with E-state index in [1.165, 1.54) is 27.2 Å². The summed E-state index contributed by atoms with van der Waals surface area (Å²) >= 11 is 0.